The molecule has 0 bridgehead atoms. The third kappa shape index (κ3) is 3.65. The Balaban J connectivity index is 3.16. The summed E-state index contributed by atoms with van der Waals surface area (Å²) in [6, 6.07) is 0. The Hall–Kier alpha value is -0.200. The first-order valence-electron chi connectivity index (χ1n) is 9.31. The smallest absolute Gasteiger partial charge is 0.141 e. The van der Waals surface area contributed by atoms with E-state index in [4.69, 9.17) is 11.6 Å². The average molecular weight is 314 g/mol. The molecule has 0 aromatic heterocycles. The summed E-state index contributed by atoms with van der Waals surface area (Å²) in [5.74, 6) is 6.14. The summed E-state index contributed by atoms with van der Waals surface area (Å²) in [5.41, 5.74) is 6.79. The van der Waals surface area contributed by atoms with Crippen molar-refractivity contribution in [2.24, 2.45) is 11.6 Å². The predicted molar refractivity (Wildman–Crippen MR) is 94.4 cm³/mol. The number of hydrazine groups is 2. The topological polar surface area (TPSA) is 61.8 Å². The van der Waals surface area contributed by atoms with E-state index < -0.39 is 5.79 Å². The van der Waals surface area contributed by atoms with Crippen molar-refractivity contribution in [1.29, 1.82) is 0 Å². The second kappa shape index (κ2) is 8.60. The fourth-order valence-corrected chi connectivity index (χ4v) is 3.84. The molecule has 1 rings (SSSR count). The molecule has 0 aromatic rings. The van der Waals surface area contributed by atoms with Crippen molar-refractivity contribution in [3.8, 4) is 0 Å². The van der Waals surface area contributed by atoms with Gasteiger partial charge in [0, 0.05) is 13.1 Å². The SMILES string of the molecule is CCCCN1N(N)C(C)(CCC)N(CCCC)C1(N)CCC. The van der Waals surface area contributed by atoms with Gasteiger partial charge in [-0.2, -0.15) is 10.1 Å². The molecule has 0 spiro atoms. The van der Waals surface area contributed by atoms with E-state index in [2.05, 4.69) is 44.5 Å². The minimum Gasteiger partial charge on any atom is -0.299 e. The fourth-order valence-electron chi connectivity index (χ4n) is 3.84. The summed E-state index contributed by atoms with van der Waals surface area (Å²) in [7, 11) is 0. The molecule has 1 fully saturated rings. The van der Waals surface area contributed by atoms with Crippen molar-refractivity contribution in [2.75, 3.05) is 13.1 Å². The third-order valence-electron chi connectivity index (χ3n) is 5.05. The number of nitrogens with two attached hydrogens (primary N) is 2. The molecule has 0 radical (unpaired) electrons. The number of hydrogen-bond acceptors (Lipinski definition) is 5. The van der Waals surface area contributed by atoms with Gasteiger partial charge in [-0.15, -0.1) is 0 Å². The lowest BCUT2D eigenvalue weighted by Crippen LogP contribution is -2.63. The van der Waals surface area contributed by atoms with E-state index in [1.807, 2.05) is 5.12 Å². The van der Waals surface area contributed by atoms with Crippen LogP contribution in [0.15, 0.2) is 0 Å². The highest BCUT2D eigenvalue weighted by Gasteiger charge is 2.58. The van der Waals surface area contributed by atoms with Crippen molar-refractivity contribution in [2.45, 2.75) is 97.4 Å². The Kier molecular flexibility index (Phi) is 7.75. The van der Waals surface area contributed by atoms with Crippen LogP contribution in [0.2, 0.25) is 0 Å². The normalized spacial score (nSPS) is 31.2. The molecule has 22 heavy (non-hydrogen) atoms. The van der Waals surface area contributed by atoms with Gasteiger partial charge in [-0.3, -0.25) is 16.5 Å². The average Bonchev–Trinajstić information content (AvgIpc) is 2.61. The molecular weight excluding hydrogens is 274 g/mol. The maximum absolute atomic E-state index is 6.97. The summed E-state index contributed by atoms with van der Waals surface area (Å²) in [5, 5.41) is 4.20. The van der Waals surface area contributed by atoms with Crippen LogP contribution in [0.1, 0.15) is 86.0 Å². The van der Waals surface area contributed by atoms with Crippen LogP contribution in [0.4, 0.5) is 0 Å². The van der Waals surface area contributed by atoms with E-state index in [-0.39, 0.29) is 5.66 Å². The highest BCUT2D eigenvalue weighted by molar-refractivity contribution is 5.00. The quantitative estimate of drug-likeness (QED) is 0.606. The Labute approximate surface area is 137 Å². The second-order valence-electron chi connectivity index (χ2n) is 6.92. The van der Waals surface area contributed by atoms with Crippen LogP contribution in [0.3, 0.4) is 0 Å². The lowest BCUT2D eigenvalue weighted by Gasteiger charge is -2.43. The fraction of sp³-hybridized carbons (Fsp3) is 1.00. The first kappa shape index (κ1) is 19.8. The van der Waals surface area contributed by atoms with Gasteiger partial charge in [0.15, 0.2) is 0 Å². The molecule has 132 valence electrons. The van der Waals surface area contributed by atoms with Crippen LogP contribution in [-0.2, 0) is 0 Å². The molecule has 5 heteroatoms. The van der Waals surface area contributed by atoms with Crippen molar-refractivity contribution in [3.63, 3.8) is 0 Å². The summed E-state index contributed by atoms with van der Waals surface area (Å²) in [4.78, 5) is 2.48. The number of hydrogen-bond donors (Lipinski definition) is 2. The molecule has 2 unspecified atom stereocenters. The van der Waals surface area contributed by atoms with Gasteiger partial charge >= 0.3 is 0 Å². The van der Waals surface area contributed by atoms with Gasteiger partial charge in [0.2, 0.25) is 0 Å². The first-order valence-corrected chi connectivity index (χ1v) is 9.31. The standard InChI is InChI=1S/C17H39N5/c1-6-10-14-20-16(5,12-8-3)22(19)21(15-11-7-2)17(20,18)13-9-4/h6-15,18-19H2,1-5H3. The van der Waals surface area contributed by atoms with E-state index in [9.17, 15) is 0 Å². The Morgan fingerprint density at radius 3 is 1.86 bits per heavy atom. The van der Waals surface area contributed by atoms with Crippen molar-refractivity contribution >= 4 is 0 Å². The van der Waals surface area contributed by atoms with Crippen LogP contribution in [-0.4, -0.2) is 39.6 Å². The van der Waals surface area contributed by atoms with E-state index in [1.165, 1.54) is 6.42 Å². The molecule has 0 aliphatic carbocycles. The minimum absolute atomic E-state index is 0.179. The second-order valence-corrected chi connectivity index (χ2v) is 6.92. The molecule has 1 saturated heterocycles. The van der Waals surface area contributed by atoms with Crippen molar-refractivity contribution in [3.05, 3.63) is 0 Å². The van der Waals surface area contributed by atoms with Crippen molar-refractivity contribution < 1.29 is 0 Å². The lowest BCUT2D eigenvalue weighted by molar-refractivity contribution is -0.0936. The van der Waals surface area contributed by atoms with Gasteiger partial charge < -0.3 is 0 Å². The van der Waals surface area contributed by atoms with Gasteiger partial charge in [-0.25, -0.2) is 0 Å². The van der Waals surface area contributed by atoms with Gasteiger partial charge in [-0.1, -0.05) is 53.4 Å². The largest absolute Gasteiger partial charge is 0.299 e. The van der Waals surface area contributed by atoms with Crippen LogP contribution in [0.25, 0.3) is 0 Å². The molecule has 0 amide bonds. The molecule has 1 aliphatic heterocycles. The summed E-state index contributed by atoms with van der Waals surface area (Å²) < 4.78 is 0. The summed E-state index contributed by atoms with van der Waals surface area (Å²) >= 11 is 0. The van der Waals surface area contributed by atoms with Crippen LogP contribution < -0.4 is 11.6 Å². The molecule has 4 N–H and O–H groups in total. The molecular formula is C17H39N5. The highest BCUT2D eigenvalue weighted by Crippen LogP contribution is 2.41. The zero-order chi connectivity index (χ0) is 16.8. The molecule has 1 aliphatic rings. The van der Waals surface area contributed by atoms with Crippen LogP contribution in [0.5, 0.6) is 0 Å². The maximum Gasteiger partial charge on any atom is 0.141 e. The first-order chi connectivity index (χ1) is 10.4. The number of rotatable bonds is 10. The molecule has 2 atom stereocenters. The summed E-state index contributed by atoms with van der Waals surface area (Å²) in [6.45, 7) is 13.1. The van der Waals surface area contributed by atoms with Gasteiger partial charge in [0.1, 0.15) is 11.4 Å². The van der Waals surface area contributed by atoms with E-state index in [1.54, 1.807) is 0 Å². The van der Waals surface area contributed by atoms with Crippen LogP contribution in [0, 0.1) is 0 Å². The Morgan fingerprint density at radius 2 is 1.36 bits per heavy atom. The van der Waals surface area contributed by atoms with Gasteiger partial charge in [0.25, 0.3) is 0 Å². The molecule has 5 nitrogen and oxygen atoms in total. The van der Waals surface area contributed by atoms with Crippen LogP contribution >= 0.6 is 0 Å². The number of nitrogens with zero attached hydrogens (tertiary/aromatic N) is 3. The van der Waals surface area contributed by atoms with Gasteiger partial charge in [-0.05, 0) is 32.6 Å². The third-order valence-corrected chi connectivity index (χ3v) is 5.05. The monoisotopic (exact) mass is 313 g/mol. The molecule has 1 heterocycles. The zero-order valence-electron chi connectivity index (χ0n) is 15.6. The van der Waals surface area contributed by atoms with Gasteiger partial charge in [0.05, 0.1) is 0 Å². The Morgan fingerprint density at radius 1 is 0.818 bits per heavy atom. The minimum atomic E-state index is -0.447. The lowest BCUT2D eigenvalue weighted by atomic mass is 10.0. The summed E-state index contributed by atoms with van der Waals surface area (Å²) in [6.07, 6.45) is 8.80. The van der Waals surface area contributed by atoms with Crippen molar-refractivity contribution in [1.82, 2.24) is 15.0 Å². The maximum atomic E-state index is 6.97. The predicted octanol–water partition coefficient (Wildman–Crippen LogP) is 3.22. The molecule has 0 saturated carbocycles. The number of unbranched alkanes of at least 4 members (excludes halogenated alkanes) is 2. The molecule has 0 aromatic carbocycles. The highest BCUT2D eigenvalue weighted by atomic mass is 15.9. The van der Waals surface area contributed by atoms with E-state index >= 15 is 0 Å². The van der Waals surface area contributed by atoms with E-state index in [0.717, 1.165) is 58.0 Å². The zero-order valence-corrected chi connectivity index (χ0v) is 15.6. The Bertz CT molecular complexity index is 324. The van der Waals surface area contributed by atoms with E-state index in [0.29, 0.717) is 0 Å².